The molecule has 20 heavy (non-hydrogen) atoms. The summed E-state index contributed by atoms with van der Waals surface area (Å²) in [6.45, 7) is 4.00. The van der Waals surface area contributed by atoms with Gasteiger partial charge in [-0.15, -0.1) is 0 Å². The molecule has 2 aromatic rings. The Morgan fingerprint density at radius 1 is 1.25 bits per heavy atom. The summed E-state index contributed by atoms with van der Waals surface area (Å²) in [5.41, 5.74) is 1.78. The van der Waals surface area contributed by atoms with E-state index < -0.39 is 0 Å². The van der Waals surface area contributed by atoms with Crippen LogP contribution < -0.4 is 4.74 Å². The number of rotatable bonds is 6. The third-order valence-corrected chi connectivity index (χ3v) is 2.89. The molecule has 1 heterocycles. The van der Waals surface area contributed by atoms with Crippen molar-refractivity contribution in [2.24, 2.45) is 0 Å². The molecule has 0 amide bonds. The minimum absolute atomic E-state index is 0.119. The second kappa shape index (κ2) is 6.85. The highest BCUT2D eigenvalue weighted by Gasteiger charge is 2.06. The topological polar surface area (TPSA) is 39.2 Å². The van der Waals surface area contributed by atoms with Crippen LogP contribution in [-0.4, -0.2) is 16.9 Å². The lowest BCUT2D eigenvalue weighted by atomic mass is 10.0. The van der Waals surface area contributed by atoms with Gasteiger partial charge in [-0.1, -0.05) is 12.1 Å². The number of hydrogen-bond acceptors (Lipinski definition) is 3. The van der Waals surface area contributed by atoms with Crippen molar-refractivity contribution in [2.75, 3.05) is 0 Å². The summed E-state index contributed by atoms with van der Waals surface area (Å²) >= 11 is 0. The van der Waals surface area contributed by atoms with E-state index >= 15 is 0 Å². The number of ether oxygens (including phenoxy) is 1. The van der Waals surface area contributed by atoms with Crippen molar-refractivity contribution < 1.29 is 9.53 Å². The average Bonchev–Trinajstić information content (AvgIpc) is 2.45. The predicted octanol–water partition coefficient (Wildman–Crippen LogP) is 3.68. The van der Waals surface area contributed by atoms with Crippen LogP contribution in [0, 0.1) is 0 Å². The number of hydrogen-bond donors (Lipinski definition) is 0. The molecule has 0 saturated heterocycles. The van der Waals surface area contributed by atoms with Gasteiger partial charge in [0.15, 0.2) is 5.78 Å². The molecule has 0 fully saturated rings. The van der Waals surface area contributed by atoms with Gasteiger partial charge in [0.05, 0.1) is 6.10 Å². The summed E-state index contributed by atoms with van der Waals surface area (Å²) in [4.78, 5) is 16.0. The van der Waals surface area contributed by atoms with Crippen molar-refractivity contribution in [2.45, 2.75) is 32.8 Å². The highest BCUT2D eigenvalue weighted by Crippen LogP contribution is 2.16. The van der Waals surface area contributed by atoms with Crippen molar-refractivity contribution in [3.63, 3.8) is 0 Å². The minimum atomic E-state index is 0.119. The Hall–Kier alpha value is -2.16. The van der Waals surface area contributed by atoms with Gasteiger partial charge in [-0.25, -0.2) is 0 Å². The van der Waals surface area contributed by atoms with E-state index in [1.165, 1.54) is 0 Å². The minimum Gasteiger partial charge on any atom is -0.491 e. The van der Waals surface area contributed by atoms with Gasteiger partial charge in [0.1, 0.15) is 5.75 Å². The van der Waals surface area contributed by atoms with E-state index in [0.717, 1.165) is 11.3 Å². The number of ketones is 1. The van der Waals surface area contributed by atoms with Crippen LogP contribution >= 0.6 is 0 Å². The van der Waals surface area contributed by atoms with E-state index in [1.54, 1.807) is 24.5 Å². The summed E-state index contributed by atoms with van der Waals surface area (Å²) in [7, 11) is 0. The third kappa shape index (κ3) is 4.19. The Bertz CT molecular complexity index is 564. The zero-order valence-corrected chi connectivity index (χ0v) is 11.9. The lowest BCUT2D eigenvalue weighted by Gasteiger charge is -2.10. The van der Waals surface area contributed by atoms with Crippen molar-refractivity contribution >= 4 is 5.78 Å². The van der Waals surface area contributed by atoms with Gasteiger partial charge in [0.25, 0.3) is 0 Å². The zero-order valence-electron chi connectivity index (χ0n) is 11.9. The maximum Gasteiger partial charge on any atom is 0.164 e. The first-order chi connectivity index (χ1) is 9.65. The quantitative estimate of drug-likeness (QED) is 0.751. The highest BCUT2D eigenvalue weighted by molar-refractivity contribution is 5.95. The van der Waals surface area contributed by atoms with Crippen molar-refractivity contribution in [3.05, 3.63) is 59.9 Å². The van der Waals surface area contributed by atoms with Gasteiger partial charge < -0.3 is 4.74 Å². The third-order valence-electron chi connectivity index (χ3n) is 2.89. The van der Waals surface area contributed by atoms with Gasteiger partial charge in [-0.05, 0) is 50.1 Å². The number of aromatic nitrogens is 1. The number of aryl methyl sites for hydroxylation is 1. The largest absolute Gasteiger partial charge is 0.491 e. The molecule has 104 valence electrons. The molecule has 0 atom stereocenters. The monoisotopic (exact) mass is 269 g/mol. The molecule has 1 aromatic carbocycles. The first-order valence-electron chi connectivity index (χ1n) is 6.84. The van der Waals surface area contributed by atoms with Crippen molar-refractivity contribution in [1.29, 1.82) is 0 Å². The lowest BCUT2D eigenvalue weighted by Crippen LogP contribution is -2.06. The smallest absolute Gasteiger partial charge is 0.164 e. The fraction of sp³-hybridized carbons (Fsp3) is 0.294. The molecule has 0 bridgehead atoms. The summed E-state index contributed by atoms with van der Waals surface area (Å²) in [5, 5.41) is 0. The van der Waals surface area contributed by atoms with Gasteiger partial charge >= 0.3 is 0 Å². The molecule has 1 aromatic heterocycles. The number of pyridine rings is 1. The van der Waals surface area contributed by atoms with Crippen LogP contribution in [0.5, 0.6) is 5.75 Å². The highest BCUT2D eigenvalue weighted by atomic mass is 16.5. The van der Waals surface area contributed by atoms with Crippen LogP contribution in [0.4, 0.5) is 0 Å². The number of nitrogens with zero attached hydrogens (tertiary/aromatic N) is 1. The molecular formula is C17H19NO2. The Kier molecular flexibility index (Phi) is 4.88. The van der Waals surface area contributed by atoms with E-state index in [2.05, 4.69) is 4.98 Å². The molecule has 0 saturated carbocycles. The Balaban J connectivity index is 1.95. The first kappa shape index (κ1) is 14.3. The summed E-state index contributed by atoms with van der Waals surface area (Å²) in [5.74, 6) is 0.972. The van der Waals surface area contributed by atoms with Crippen molar-refractivity contribution in [1.82, 2.24) is 4.98 Å². The molecule has 3 nitrogen and oxygen atoms in total. The first-order valence-corrected chi connectivity index (χ1v) is 6.84. The molecule has 3 heteroatoms. The van der Waals surface area contributed by atoms with E-state index in [9.17, 15) is 4.79 Å². The van der Waals surface area contributed by atoms with E-state index in [4.69, 9.17) is 4.74 Å². The number of carbonyl (C=O) groups excluding carboxylic acids is 1. The molecule has 0 aliphatic rings. The maximum absolute atomic E-state index is 12.0. The maximum atomic E-state index is 12.0. The molecule has 2 rings (SSSR count). The van der Waals surface area contributed by atoms with E-state index in [-0.39, 0.29) is 11.9 Å². The number of benzene rings is 1. The van der Waals surface area contributed by atoms with Gasteiger partial charge in [0, 0.05) is 24.4 Å². The SMILES string of the molecule is CC(C)Oc1cccc(CCC(=O)c2cccnc2)c1. The Morgan fingerprint density at radius 3 is 2.80 bits per heavy atom. The lowest BCUT2D eigenvalue weighted by molar-refractivity contribution is 0.0982. The number of Topliss-reactive ketones (excluding diaryl/α,β-unsaturated/α-hetero) is 1. The molecule has 0 N–H and O–H groups in total. The molecule has 0 unspecified atom stereocenters. The molecule has 0 aliphatic carbocycles. The molecular weight excluding hydrogens is 250 g/mol. The average molecular weight is 269 g/mol. The van der Waals surface area contributed by atoms with Crippen LogP contribution in [0.15, 0.2) is 48.8 Å². The van der Waals surface area contributed by atoms with Gasteiger partial charge in [0.2, 0.25) is 0 Å². The van der Waals surface area contributed by atoms with E-state index in [0.29, 0.717) is 18.4 Å². The van der Waals surface area contributed by atoms with Gasteiger partial charge in [-0.2, -0.15) is 0 Å². The van der Waals surface area contributed by atoms with Gasteiger partial charge in [-0.3, -0.25) is 9.78 Å². The second-order valence-electron chi connectivity index (χ2n) is 4.98. The summed E-state index contributed by atoms with van der Waals surface area (Å²) in [6, 6.07) is 11.5. The normalized spacial score (nSPS) is 10.6. The number of carbonyl (C=O) groups is 1. The molecule has 0 radical (unpaired) electrons. The summed E-state index contributed by atoms with van der Waals surface area (Å²) < 4.78 is 5.65. The summed E-state index contributed by atoms with van der Waals surface area (Å²) in [6.07, 6.45) is 4.63. The fourth-order valence-electron chi connectivity index (χ4n) is 1.98. The van der Waals surface area contributed by atoms with Crippen LogP contribution in [0.25, 0.3) is 0 Å². The van der Waals surface area contributed by atoms with Crippen molar-refractivity contribution in [3.8, 4) is 5.75 Å². The van der Waals surface area contributed by atoms with Crippen LogP contribution in [0.2, 0.25) is 0 Å². The fourth-order valence-corrected chi connectivity index (χ4v) is 1.98. The molecule has 0 spiro atoms. The Morgan fingerprint density at radius 2 is 2.10 bits per heavy atom. The second-order valence-corrected chi connectivity index (χ2v) is 4.98. The van der Waals surface area contributed by atoms with Crippen LogP contribution in [-0.2, 0) is 6.42 Å². The van der Waals surface area contributed by atoms with Crippen LogP contribution in [0.1, 0.15) is 36.2 Å². The predicted molar refractivity (Wildman–Crippen MR) is 79.1 cm³/mol. The Labute approximate surface area is 119 Å². The zero-order chi connectivity index (χ0) is 14.4. The molecule has 0 aliphatic heterocycles. The van der Waals surface area contributed by atoms with Crippen LogP contribution in [0.3, 0.4) is 0 Å². The van der Waals surface area contributed by atoms with E-state index in [1.807, 2.05) is 38.1 Å². The standard InChI is InChI=1S/C17H19NO2/c1-13(2)20-16-7-3-5-14(11-16)8-9-17(19)15-6-4-10-18-12-15/h3-7,10-13H,8-9H2,1-2H3.